The molecule has 118 valence electrons. The van der Waals surface area contributed by atoms with E-state index in [9.17, 15) is 0 Å². The summed E-state index contributed by atoms with van der Waals surface area (Å²) in [4.78, 5) is 9.12. The predicted octanol–water partition coefficient (Wildman–Crippen LogP) is 2.38. The van der Waals surface area contributed by atoms with Gasteiger partial charge in [-0.15, -0.1) is 0 Å². The molecule has 0 amide bonds. The Hall–Kier alpha value is -3.54. The number of nitrogens with zero attached hydrogens (tertiary/aromatic N) is 6. The molecule has 4 aromatic heterocycles. The molecule has 0 N–H and O–H groups in total. The van der Waals surface area contributed by atoms with Crippen molar-refractivity contribution >= 4 is 16.9 Å². The van der Waals surface area contributed by atoms with Gasteiger partial charge in [0.05, 0.1) is 12.1 Å². The van der Waals surface area contributed by atoms with Gasteiger partial charge in [-0.3, -0.25) is 4.98 Å². The van der Waals surface area contributed by atoms with E-state index in [1.54, 1.807) is 6.20 Å². The zero-order valence-corrected chi connectivity index (χ0v) is 13.2. The zero-order chi connectivity index (χ0) is 16.4. The minimum Gasteiger partial charge on any atom is -0.264 e. The van der Waals surface area contributed by atoms with Crippen LogP contribution in [-0.2, 0) is 6.54 Å². The first-order valence-corrected chi connectivity index (χ1v) is 8.18. The molecule has 0 aliphatic carbocycles. The molecule has 6 heteroatoms. The van der Waals surface area contributed by atoms with E-state index in [1.165, 1.54) is 11.1 Å². The molecular formula is C19H13N6+. The molecule has 25 heavy (non-hydrogen) atoms. The van der Waals surface area contributed by atoms with E-state index in [-0.39, 0.29) is 0 Å². The van der Waals surface area contributed by atoms with Crippen LogP contribution in [-0.4, -0.2) is 24.1 Å². The van der Waals surface area contributed by atoms with Crippen molar-refractivity contribution in [1.82, 2.24) is 24.1 Å². The molecule has 0 spiro atoms. The van der Waals surface area contributed by atoms with Crippen molar-refractivity contribution in [1.29, 1.82) is 0 Å². The van der Waals surface area contributed by atoms with Gasteiger partial charge >= 0.3 is 5.65 Å². The van der Waals surface area contributed by atoms with Crippen LogP contribution >= 0.6 is 0 Å². The van der Waals surface area contributed by atoms with Crippen molar-refractivity contribution < 1.29 is 4.57 Å². The highest BCUT2D eigenvalue weighted by atomic mass is 15.4. The Labute approximate surface area is 142 Å². The first-order valence-electron chi connectivity index (χ1n) is 8.18. The van der Waals surface area contributed by atoms with E-state index in [4.69, 9.17) is 4.98 Å². The Morgan fingerprint density at radius 2 is 1.88 bits per heavy atom. The second kappa shape index (κ2) is 4.51. The van der Waals surface area contributed by atoms with Crippen molar-refractivity contribution in [2.45, 2.75) is 6.54 Å². The van der Waals surface area contributed by atoms with Gasteiger partial charge in [0.15, 0.2) is 0 Å². The van der Waals surface area contributed by atoms with Crippen LogP contribution in [0.5, 0.6) is 0 Å². The Morgan fingerprint density at radius 1 is 0.960 bits per heavy atom. The van der Waals surface area contributed by atoms with Gasteiger partial charge in [0.1, 0.15) is 5.69 Å². The molecular weight excluding hydrogens is 312 g/mol. The van der Waals surface area contributed by atoms with Crippen LogP contribution in [0.15, 0.2) is 67.1 Å². The number of hydrogen-bond donors (Lipinski definition) is 0. The van der Waals surface area contributed by atoms with Gasteiger partial charge in [-0.2, -0.15) is 9.61 Å². The summed E-state index contributed by atoms with van der Waals surface area (Å²) >= 11 is 0. The van der Waals surface area contributed by atoms with Gasteiger partial charge in [-0.05, 0) is 24.3 Å². The quantitative estimate of drug-likeness (QED) is 0.436. The normalized spacial score (nSPS) is 12.6. The molecule has 6 nitrogen and oxygen atoms in total. The maximum Gasteiger partial charge on any atom is 0.325 e. The molecule has 6 rings (SSSR count). The molecule has 5 heterocycles. The molecule has 0 unspecified atom stereocenters. The number of pyridine rings is 1. The number of fused-ring (bicyclic) bond motifs is 7. The fourth-order valence-electron chi connectivity index (χ4n) is 3.74. The van der Waals surface area contributed by atoms with E-state index < -0.39 is 0 Å². The van der Waals surface area contributed by atoms with Gasteiger partial charge in [-0.25, -0.2) is 9.13 Å². The van der Waals surface area contributed by atoms with Crippen molar-refractivity contribution in [2.75, 3.05) is 0 Å². The summed E-state index contributed by atoms with van der Waals surface area (Å²) in [7, 11) is 0. The fourth-order valence-corrected chi connectivity index (χ4v) is 3.74. The average molecular weight is 325 g/mol. The minimum absolute atomic E-state index is 0.777. The lowest BCUT2D eigenvalue weighted by Crippen LogP contribution is -2.31. The summed E-state index contributed by atoms with van der Waals surface area (Å²) in [6.45, 7) is 0.777. The number of para-hydroxylation sites is 1. The minimum atomic E-state index is 0.777. The summed E-state index contributed by atoms with van der Waals surface area (Å²) < 4.78 is 6.41. The van der Waals surface area contributed by atoms with Gasteiger partial charge in [0, 0.05) is 30.2 Å². The smallest absolute Gasteiger partial charge is 0.264 e. The maximum absolute atomic E-state index is 4.84. The summed E-state index contributed by atoms with van der Waals surface area (Å²) in [6.07, 6.45) is 5.58. The van der Waals surface area contributed by atoms with Crippen molar-refractivity contribution in [2.24, 2.45) is 0 Å². The fraction of sp³-hybridized carbons (Fsp3) is 0.0526. The Bertz CT molecular complexity index is 1270. The molecule has 1 aliphatic heterocycles. The molecule has 0 saturated heterocycles. The van der Waals surface area contributed by atoms with Crippen LogP contribution in [0.2, 0.25) is 0 Å². The molecule has 0 saturated carbocycles. The highest BCUT2D eigenvalue weighted by Crippen LogP contribution is 2.33. The van der Waals surface area contributed by atoms with Crippen LogP contribution in [0, 0.1) is 0 Å². The lowest BCUT2D eigenvalue weighted by atomic mass is 10.1. The number of benzene rings is 1. The van der Waals surface area contributed by atoms with Crippen molar-refractivity contribution in [3.63, 3.8) is 0 Å². The first kappa shape index (κ1) is 12.8. The third kappa shape index (κ3) is 1.58. The maximum atomic E-state index is 4.84. The first-order chi connectivity index (χ1) is 12.4. The summed E-state index contributed by atoms with van der Waals surface area (Å²) in [5.74, 6) is 1.13. The lowest BCUT2D eigenvalue weighted by molar-refractivity contribution is -0.647. The lowest BCUT2D eigenvalue weighted by Gasteiger charge is -2.03. The van der Waals surface area contributed by atoms with E-state index >= 15 is 0 Å². The summed E-state index contributed by atoms with van der Waals surface area (Å²) in [5, 5.41) is 4.53. The van der Waals surface area contributed by atoms with E-state index in [1.807, 2.05) is 35.1 Å². The van der Waals surface area contributed by atoms with Gasteiger partial charge in [0.25, 0.3) is 5.65 Å². The molecule has 0 bridgehead atoms. The van der Waals surface area contributed by atoms with Crippen LogP contribution in [0.4, 0.5) is 0 Å². The van der Waals surface area contributed by atoms with Crippen molar-refractivity contribution in [3.8, 4) is 17.1 Å². The number of aromatic nitrogens is 6. The van der Waals surface area contributed by atoms with E-state index in [0.717, 1.165) is 35.0 Å². The molecule has 0 radical (unpaired) electrons. The SMILES string of the molecule is c1ccc(-n2c3[n+](c4nc5cccnn5c42)Cc2cnccc2-3)cc1. The molecule has 1 aromatic carbocycles. The highest BCUT2D eigenvalue weighted by Gasteiger charge is 2.36. The third-order valence-electron chi connectivity index (χ3n) is 4.77. The number of imidazole rings is 2. The van der Waals surface area contributed by atoms with E-state index in [2.05, 4.69) is 49.5 Å². The third-order valence-corrected chi connectivity index (χ3v) is 4.77. The van der Waals surface area contributed by atoms with Gasteiger partial charge < -0.3 is 0 Å². The molecule has 5 aromatic rings. The van der Waals surface area contributed by atoms with Gasteiger partial charge in [-0.1, -0.05) is 23.2 Å². The Kier molecular flexibility index (Phi) is 2.31. The predicted molar refractivity (Wildman–Crippen MR) is 92.3 cm³/mol. The molecule has 0 fully saturated rings. The Morgan fingerprint density at radius 3 is 2.80 bits per heavy atom. The summed E-state index contributed by atoms with van der Waals surface area (Å²) in [6, 6.07) is 16.3. The second-order valence-electron chi connectivity index (χ2n) is 6.17. The van der Waals surface area contributed by atoms with Crippen LogP contribution in [0.1, 0.15) is 5.56 Å². The zero-order valence-electron chi connectivity index (χ0n) is 13.2. The standard InChI is InChI=1S/C19H13N6/c1-2-5-14(6-3-1)24-18-15-8-10-20-11-13(15)12-23(18)17-19(24)25-16(22-17)7-4-9-21-25/h1-11H,12H2/q+1. The highest BCUT2D eigenvalue weighted by molar-refractivity contribution is 5.78. The summed E-state index contributed by atoms with van der Waals surface area (Å²) in [5.41, 5.74) is 6.28. The molecule has 0 atom stereocenters. The largest absolute Gasteiger partial charge is 0.325 e. The monoisotopic (exact) mass is 325 g/mol. The van der Waals surface area contributed by atoms with Crippen molar-refractivity contribution in [3.05, 3.63) is 72.7 Å². The van der Waals surface area contributed by atoms with Crippen LogP contribution in [0.3, 0.4) is 0 Å². The van der Waals surface area contributed by atoms with Crippen LogP contribution in [0.25, 0.3) is 34.0 Å². The van der Waals surface area contributed by atoms with E-state index in [0.29, 0.717) is 0 Å². The topological polar surface area (TPSA) is 51.9 Å². The average Bonchev–Trinajstić information content (AvgIpc) is 3.30. The number of rotatable bonds is 1. The second-order valence-corrected chi connectivity index (χ2v) is 6.17. The molecule has 1 aliphatic rings. The Balaban J connectivity index is 1.84. The van der Waals surface area contributed by atoms with Gasteiger partial charge in [0.2, 0.25) is 11.5 Å². The van der Waals surface area contributed by atoms with Crippen LogP contribution < -0.4 is 4.57 Å². The number of hydrogen-bond acceptors (Lipinski definition) is 3.